The van der Waals surface area contributed by atoms with Crippen LogP contribution in [0, 0.1) is 0 Å². The fourth-order valence-corrected chi connectivity index (χ4v) is 2.11. The lowest BCUT2D eigenvalue weighted by atomic mass is 10.2. The van der Waals surface area contributed by atoms with Crippen molar-refractivity contribution in [2.45, 2.75) is 18.9 Å². The van der Waals surface area contributed by atoms with Crippen molar-refractivity contribution in [1.82, 2.24) is 4.90 Å². The summed E-state index contributed by atoms with van der Waals surface area (Å²) in [5.74, 6) is -0.870. The van der Waals surface area contributed by atoms with Gasteiger partial charge in [-0.2, -0.15) is 0 Å². The number of hydrogen-bond acceptors (Lipinski definition) is 3. The quantitative estimate of drug-likeness (QED) is 0.820. The van der Waals surface area contributed by atoms with Gasteiger partial charge in [-0.25, -0.2) is 4.79 Å². The topological polar surface area (TPSA) is 66.8 Å². The van der Waals surface area contributed by atoms with Crippen LogP contribution in [0.15, 0.2) is 24.3 Å². The Bertz CT molecular complexity index is 581. The number of halogens is 1. The van der Waals surface area contributed by atoms with Crippen LogP contribution in [0.3, 0.4) is 0 Å². The minimum Gasteiger partial charge on any atom is -0.482 e. The molecule has 0 radical (unpaired) electrons. The Kier molecular flexibility index (Phi) is 4.85. The number of para-hydroxylation sites is 1. The molecule has 1 aliphatic rings. The third kappa shape index (κ3) is 4.23. The minimum absolute atomic E-state index is 0.120. The molecule has 1 aromatic carbocycles. The lowest BCUT2D eigenvalue weighted by Crippen LogP contribution is -2.33. The van der Waals surface area contributed by atoms with Crippen LogP contribution in [0.2, 0.25) is 5.02 Å². The van der Waals surface area contributed by atoms with E-state index in [9.17, 15) is 9.59 Å². The van der Waals surface area contributed by atoms with Crippen LogP contribution in [0.1, 0.15) is 18.4 Å². The highest BCUT2D eigenvalue weighted by atomic mass is 35.5. The second-order valence-electron chi connectivity index (χ2n) is 4.85. The fourth-order valence-electron chi connectivity index (χ4n) is 1.87. The summed E-state index contributed by atoms with van der Waals surface area (Å²) in [5.41, 5.74) is 0.520. The maximum absolute atomic E-state index is 11.9. The molecule has 0 atom stereocenters. The molecule has 1 aliphatic carbocycles. The lowest BCUT2D eigenvalue weighted by Gasteiger charge is -2.17. The maximum atomic E-state index is 11.9. The highest BCUT2D eigenvalue weighted by molar-refractivity contribution is 6.32. The highest BCUT2D eigenvalue weighted by Crippen LogP contribution is 2.30. The molecule has 0 bridgehead atoms. The van der Waals surface area contributed by atoms with Crippen molar-refractivity contribution >= 4 is 29.6 Å². The molecule has 1 amide bonds. The summed E-state index contributed by atoms with van der Waals surface area (Å²) in [5, 5.41) is 9.01. The normalized spacial score (nSPS) is 14.2. The van der Waals surface area contributed by atoms with Crippen LogP contribution >= 0.6 is 11.6 Å². The fraction of sp³-hybridized carbons (Fsp3) is 0.333. The Morgan fingerprint density at radius 3 is 2.81 bits per heavy atom. The summed E-state index contributed by atoms with van der Waals surface area (Å²) in [4.78, 5) is 24.2. The van der Waals surface area contributed by atoms with E-state index in [1.807, 2.05) is 0 Å². The molecule has 6 heteroatoms. The van der Waals surface area contributed by atoms with Crippen molar-refractivity contribution in [1.29, 1.82) is 0 Å². The average Bonchev–Trinajstić information content (AvgIpc) is 3.27. The van der Waals surface area contributed by atoms with E-state index in [0.717, 1.165) is 18.9 Å². The van der Waals surface area contributed by atoms with Gasteiger partial charge in [0.1, 0.15) is 5.75 Å². The van der Waals surface area contributed by atoms with Crippen LogP contribution in [0.4, 0.5) is 0 Å². The van der Waals surface area contributed by atoms with E-state index in [1.165, 1.54) is 6.08 Å². The number of likely N-dealkylation sites (N-methyl/N-ethyl adjacent to an activating group) is 1. The molecule has 1 fully saturated rings. The third-order valence-electron chi connectivity index (χ3n) is 3.23. The molecule has 0 unspecified atom stereocenters. The van der Waals surface area contributed by atoms with Crippen molar-refractivity contribution in [2.75, 3.05) is 13.7 Å². The Balaban J connectivity index is 2.07. The first-order valence-electron chi connectivity index (χ1n) is 6.57. The number of rotatable bonds is 6. The Hall–Kier alpha value is -2.01. The van der Waals surface area contributed by atoms with Crippen LogP contribution in [-0.2, 0) is 9.59 Å². The van der Waals surface area contributed by atoms with E-state index in [1.54, 1.807) is 30.1 Å². The molecule has 5 nitrogen and oxygen atoms in total. The number of carboxylic acids is 1. The summed E-state index contributed by atoms with van der Waals surface area (Å²) >= 11 is 6.05. The minimum atomic E-state index is -1.06. The molecule has 1 saturated carbocycles. The maximum Gasteiger partial charge on any atom is 0.328 e. The van der Waals surface area contributed by atoms with Gasteiger partial charge in [0.05, 0.1) is 5.02 Å². The van der Waals surface area contributed by atoms with Gasteiger partial charge in [0.2, 0.25) is 0 Å². The van der Waals surface area contributed by atoms with E-state index >= 15 is 0 Å². The van der Waals surface area contributed by atoms with Gasteiger partial charge in [0, 0.05) is 24.7 Å². The molecule has 0 spiro atoms. The van der Waals surface area contributed by atoms with Crippen molar-refractivity contribution in [3.8, 4) is 5.75 Å². The zero-order valence-corrected chi connectivity index (χ0v) is 12.3. The number of hydrogen-bond donors (Lipinski definition) is 1. The zero-order chi connectivity index (χ0) is 15.4. The predicted octanol–water partition coefficient (Wildman–Crippen LogP) is 2.44. The van der Waals surface area contributed by atoms with Gasteiger partial charge in [0.15, 0.2) is 6.61 Å². The number of carbonyl (C=O) groups is 2. The number of carboxylic acid groups (broad SMARTS) is 1. The highest BCUT2D eigenvalue weighted by Gasteiger charge is 2.29. The summed E-state index contributed by atoms with van der Waals surface area (Å²) in [6.07, 6.45) is 4.44. The smallest absolute Gasteiger partial charge is 0.328 e. The van der Waals surface area contributed by atoms with E-state index in [2.05, 4.69) is 0 Å². The largest absolute Gasteiger partial charge is 0.482 e. The number of carbonyl (C=O) groups excluding carboxylic acids is 1. The van der Waals surface area contributed by atoms with Gasteiger partial charge in [0.25, 0.3) is 5.91 Å². The molecule has 0 aromatic heterocycles. The van der Waals surface area contributed by atoms with Gasteiger partial charge >= 0.3 is 5.97 Å². The molecule has 0 saturated heterocycles. The zero-order valence-electron chi connectivity index (χ0n) is 11.6. The van der Waals surface area contributed by atoms with Gasteiger partial charge < -0.3 is 14.7 Å². The summed E-state index contributed by atoms with van der Waals surface area (Å²) in [6.45, 7) is -0.120. The van der Waals surface area contributed by atoms with Crippen molar-refractivity contribution in [2.24, 2.45) is 0 Å². The molecule has 21 heavy (non-hydrogen) atoms. The Morgan fingerprint density at radius 2 is 2.19 bits per heavy atom. The van der Waals surface area contributed by atoms with Crippen LogP contribution in [0.5, 0.6) is 5.75 Å². The van der Waals surface area contributed by atoms with Crippen molar-refractivity contribution in [3.05, 3.63) is 34.9 Å². The van der Waals surface area contributed by atoms with Crippen LogP contribution in [-0.4, -0.2) is 41.6 Å². The van der Waals surface area contributed by atoms with E-state index in [-0.39, 0.29) is 12.5 Å². The first-order valence-corrected chi connectivity index (χ1v) is 6.95. The van der Waals surface area contributed by atoms with Crippen LogP contribution < -0.4 is 4.74 Å². The number of aliphatic carboxylic acids is 1. The Morgan fingerprint density at radius 1 is 1.48 bits per heavy atom. The predicted molar refractivity (Wildman–Crippen MR) is 79.4 cm³/mol. The SMILES string of the molecule is CN(C(=O)COc1c(Cl)cccc1/C=C/C(=O)O)C1CC1. The van der Waals surface area contributed by atoms with E-state index < -0.39 is 5.97 Å². The summed E-state index contributed by atoms with van der Waals surface area (Å²) in [7, 11) is 1.75. The summed E-state index contributed by atoms with van der Waals surface area (Å²) < 4.78 is 5.49. The lowest BCUT2D eigenvalue weighted by molar-refractivity contribution is -0.133. The van der Waals surface area contributed by atoms with Gasteiger partial charge in [-0.05, 0) is 25.0 Å². The van der Waals surface area contributed by atoms with Gasteiger partial charge in [-0.15, -0.1) is 0 Å². The number of benzene rings is 1. The average molecular weight is 310 g/mol. The molecule has 2 rings (SSSR count). The standard InChI is InChI=1S/C15H16ClNO4/c1-17(11-6-7-11)13(18)9-21-15-10(5-8-14(19)20)3-2-4-12(15)16/h2-5,8,11H,6-7,9H2,1H3,(H,19,20)/b8-5+. The second kappa shape index (κ2) is 6.63. The first-order chi connectivity index (χ1) is 9.99. The van der Waals surface area contributed by atoms with E-state index in [0.29, 0.717) is 22.4 Å². The second-order valence-corrected chi connectivity index (χ2v) is 5.26. The van der Waals surface area contributed by atoms with Crippen LogP contribution in [0.25, 0.3) is 6.08 Å². The molecule has 1 aromatic rings. The molecule has 0 heterocycles. The van der Waals surface area contributed by atoms with E-state index in [4.69, 9.17) is 21.4 Å². The van der Waals surface area contributed by atoms with Gasteiger partial charge in [-0.1, -0.05) is 23.7 Å². The number of amides is 1. The summed E-state index contributed by atoms with van der Waals surface area (Å²) in [6, 6.07) is 5.31. The monoisotopic (exact) mass is 309 g/mol. The molecular formula is C15H16ClNO4. The Labute approximate surface area is 127 Å². The van der Waals surface area contributed by atoms with Gasteiger partial charge in [-0.3, -0.25) is 4.79 Å². The number of nitrogens with zero attached hydrogens (tertiary/aromatic N) is 1. The molecule has 0 aliphatic heterocycles. The molecule has 112 valence electrons. The third-order valence-corrected chi connectivity index (χ3v) is 3.53. The van der Waals surface area contributed by atoms with Crippen molar-refractivity contribution in [3.63, 3.8) is 0 Å². The molecular weight excluding hydrogens is 294 g/mol. The van der Waals surface area contributed by atoms with Crippen molar-refractivity contribution < 1.29 is 19.4 Å². The molecule has 1 N–H and O–H groups in total. The first kappa shape index (κ1) is 15.4. The number of ether oxygens (including phenoxy) is 1.